The summed E-state index contributed by atoms with van der Waals surface area (Å²) < 4.78 is 10.7. The molecule has 2 aromatic rings. The molecule has 1 atom stereocenters. The Morgan fingerprint density at radius 3 is 2.23 bits per heavy atom. The van der Waals surface area contributed by atoms with Crippen LogP contribution in [0.5, 0.6) is 11.5 Å². The molecule has 1 heterocycles. The summed E-state index contributed by atoms with van der Waals surface area (Å²) in [5, 5.41) is 11.0. The van der Waals surface area contributed by atoms with Crippen molar-refractivity contribution in [1.29, 1.82) is 0 Å². The molecule has 1 aliphatic rings. The molecule has 0 aromatic heterocycles. The summed E-state index contributed by atoms with van der Waals surface area (Å²) in [6, 6.07) is 11.7. The lowest BCUT2D eigenvalue weighted by Gasteiger charge is -2.27. The number of hydrogen-bond acceptors (Lipinski definition) is 5. The van der Waals surface area contributed by atoms with Gasteiger partial charge >= 0.3 is 0 Å². The summed E-state index contributed by atoms with van der Waals surface area (Å²) in [6.07, 6.45) is 0. The van der Waals surface area contributed by atoms with Gasteiger partial charge in [-0.25, -0.2) is 0 Å². The lowest BCUT2D eigenvalue weighted by Crippen LogP contribution is -2.33. The number of carbonyl (C=O) groups excluding carboxylic acids is 2. The third-order valence-corrected chi connectivity index (χ3v) is 5.15. The third-order valence-electron chi connectivity index (χ3n) is 5.15. The van der Waals surface area contributed by atoms with Gasteiger partial charge in [-0.05, 0) is 30.5 Å². The van der Waals surface area contributed by atoms with Crippen LogP contribution in [0.25, 0.3) is 5.76 Å². The van der Waals surface area contributed by atoms with E-state index >= 15 is 0 Å². The second-order valence-corrected chi connectivity index (χ2v) is 7.83. The number of aliphatic hydroxyl groups is 1. The number of nitrogens with zero attached hydrogens (tertiary/aromatic N) is 1. The number of ketones is 1. The van der Waals surface area contributed by atoms with Gasteiger partial charge in [0.25, 0.3) is 11.7 Å². The quantitative estimate of drug-likeness (QED) is 0.442. The zero-order valence-electron chi connectivity index (χ0n) is 17.9. The molecule has 1 saturated heterocycles. The van der Waals surface area contributed by atoms with Crippen LogP contribution in [0, 0.1) is 12.8 Å². The van der Waals surface area contributed by atoms with E-state index < -0.39 is 17.7 Å². The van der Waals surface area contributed by atoms with Crippen molar-refractivity contribution < 1.29 is 24.2 Å². The first kappa shape index (κ1) is 21.4. The molecule has 6 nitrogen and oxygen atoms in total. The molecule has 1 fully saturated rings. The highest BCUT2D eigenvalue weighted by atomic mass is 16.5. The van der Waals surface area contributed by atoms with Crippen molar-refractivity contribution in [3.63, 3.8) is 0 Å². The maximum Gasteiger partial charge on any atom is 0.295 e. The van der Waals surface area contributed by atoms with Crippen LogP contribution in [0.1, 0.15) is 36.6 Å². The third kappa shape index (κ3) is 3.90. The average molecular weight is 409 g/mol. The van der Waals surface area contributed by atoms with Gasteiger partial charge in [-0.2, -0.15) is 0 Å². The fourth-order valence-corrected chi connectivity index (χ4v) is 3.70. The van der Waals surface area contributed by atoms with Crippen LogP contribution in [-0.4, -0.2) is 42.5 Å². The number of benzene rings is 2. The van der Waals surface area contributed by atoms with Crippen molar-refractivity contribution >= 4 is 17.4 Å². The van der Waals surface area contributed by atoms with E-state index in [1.54, 1.807) is 37.4 Å². The van der Waals surface area contributed by atoms with Crippen molar-refractivity contribution in [2.75, 3.05) is 20.8 Å². The van der Waals surface area contributed by atoms with Gasteiger partial charge in [0, 0.05) is 12.1 Å². The molecule has 30 heavy (non-hydrogen) atoms. The molecule has 6 heteroatoms. The van der Waals surface area contributed by atoms with E-state index in [0.717, 1.165) is 5.56 Å². The summed E-state index contributed by atoms with van der Waals surface area (Å²) in [6.45, 7) is 6.28. The predicted molar refractivity (Wildman–Crippen MR) is 115 cm³/mol. The Kier molecular flexibility index (Phi) is 6.15. The summed E-state index contributed by atoms with van der Waals surface area (Å²) in [4.78, 5) is 27.4. The fourth-order valence-electron chi connectivity index (χ4n) is 3.70. The van der Waals surface area contributed by atoms with Gasteiger partial charge in [-0.15, -0.1) is 0 Å². The molecule has 158 valence electrons. The van der Waals surface area contributed by atoms with E-state index in [1.165, 1.54) is 12.0 Å². The Hall–Kier alpha value is -3.28. The van der Waals surface area contributed by atoms with E-state index in [4.69, 9.17) is 9.47 Å². The SMILES string of the molecule is COc1ccc(C2/C(=C(\O)c3ccc(C)cc3)C(=O)C(=O)N2CC(C)C)cc1OC. The van der Waals surface area contributed by atoms with E-state index in [2.05, 4.69) is 0 Å². The summed E-state index contributed by atoms with van der Waals surface area (Å²) in [5.74, 6) is -0.309. The van der Waals surface area contributed by atoms with Crippen molar-refractivity contribution in [2.45, 2.75) is 26.8 Å². The number of likely N-dealkylation sites (tertiary alicyclic amines) is 1. The molecular weight excluding hydrogens is 382 g/mol. The van der Waals surface area contributed by atoms with Crippen LogP contribution in [0.3, 0.4) is 0 Å². The molecular formula is C24H27NO5. The Morgan fingerprint density at radius 1 is 1.03 bits per heavy atom. The lowest BCUT2D eigenvalue weighted by molar-refractivity contribution is -0.140. The Morgan fingerprint density at radius 2 is 1.67 bits per heavy atom. The summed E-state index contributed by atoms with van der Waals surface area (Å²) in [7, 11) is 3.07. The first-order valence-electron chi connectivity index (χ1n) is 9.85. The van der Waals surface area contributed by atoms with Gasteiger partial charge < -0.3 is 19.5 Å². The highest BCUT2D eigenvalue weighted by Gasteiger charge is 2.46. The molecule has 0 bridgehead atoms. The van der Waals surface area contributed by atoms with Crippen LogP contribution in [-0.2, 0) is 9.59 Å². The number of aliphatic hydroxyl groups excluding tert-OH is 1. The smallest absolute Gasteiger partial charge is 0.295 e. The van der Waals surface area contributed by atoms with E-state index in [9.17, 15) is 14.7 Å². The number of methoxy groups -OCH3 is 2. The predicted octanol–water partition coefficient (Wildman–Crippen LogP) is 4.09. The minimum atomic E-state index is -0.714. The van der Waals surface area contributed by atoms with Crippen molar-refractivity contribution in [3.8, 4) is 11.5 Å². The van der Waals surface area contributed by atoms with Crippen molar-refractivity contribution in [1.82, 2.24) is 4.90 Å². The molecule has 2 aromatic carbocycles. The van der Waals surface area contributed by atoms with E-state index in [1.807, 2.05) is 32.9 Å². The molecule has 1 aliphatic heterocycles. The maximum absolute atomic E-state index is 13.0. The van der Waals surface area contributed by atoms with Gasteiger partial charge in [0.05, 0.1) is 25.8 Å². The highest BCUT2D eigenvalue weighted by molar-refractivity contribution is 6.46. The number of ether oxygens (including phenoxy) is 2. The van der Waals surface area contributed by atoms with Crippen molar-refractivity contribution in [3.05, 3.63) is 64.7 Å². The lowest BCUT2D eigenvalue weighted by atomic mass is 9.94. The number of Topliss-reactive ketones (excluding diaryl/α,β-unsaturated/α-hetero) is 1. The summed E-state index contributed by atoms with van der Waals surface area (Å²) >= 11 is 0. The summed E-state index contributed by atoms with van der Waals surface area (Å²) in [5.41, 5.74) is 2.27. The fraction of sp³-hybridized carbons (Fsp3) is 0.333. The van der Waals surface area contributed by atoms with E-state index in [0.29, 0.717) is 29.2 Å². The van der Waals surface area contributed by atoms with Gasteiger partial charge in [0.15, 0.2) is 11.5 Å². The highest BCUT2D eigenvalue weighted by Crippen LogP contribution is 2.42. The number of carbonyl (C=O) groups is 2. The first-order valence-corrected chi connectivity index (χ1v) is 9.85. The Balaban J connectivity index is 2.21. The topological polar surface area (TPSA) is 76.1 Å². The number of amides is 1. The monoisotopic (exact) mass is 409 g/mol. The molecule has 0 aliphatic carbocycles. The maximum atomic E-state index is 13.0. The Labute approximate surface area is 176 Å². The average Bonchev–Trinajstić information content (AvgIpc) is 2.97. The molecule has 1 unspecified atom stereocenters. The minimum Gasteiger partial charge on any atom is -0.507 e. The number of rotatable bonds is 6. The van der Waals surface area contributed by atoms with Gasteiger partial charge in [0.1, 0.15) is 5.76 Å². The standard InChI is InChI=1S/C24H27NO5/c1-14(2)13-25-21(17-10-11-18(29-4)19(12-17)30-5)20(23(27)24(25)28)22(26)16-8-6-15(3)7-9-16/h6-12,14,21,26H,13H2,1-5H3/b22-20+. The zero-order valence-corrected chi connectivity index (χ0v) is 17.9. The van der Waals surface area contributed by atoms with Crippen LogP contribution in [0.4, 0.5) is 0 Å². The van der Waals surface area contributed by atoms with E-state index in [-0.39, 0.29) is 17.3 Å². The largest absolute Gasteiger partial charge is 0.507 e. The first-order chi connectivity index (χ1) is 14.3. The van der Waals surface area contributed by atoms with Crippen molar-refractivity contribution in [2.24, 2.45) is 5.92 Å². The second kappa shape index (κ2) is 8.61. The zero-order chi connectivity index (χ0) is 22.0. The van der Waals surface area contributed by atoms with Crippen LogP contribution < -0.4 is 9.47 Å². The van der Waals surface area contributed by atoms with Crippen LogP contribution in [0.15, 0.2) is 48.0 Å². The molecule has 3 rings (SSSR count). The van der Waals surface area contributed by atoms with Crippen LogP contribution >= 0.6 is 0 Å². The molecule has 0 radical (unpaired) electrons. The molecule has 1 N–H and O–H groups in total. The van der Waals surface area contributed by atoms with Gasteiger partial charge in [0.2, 0.25) is 0 Å². The van der Waals surface area contributed by atoms with Gasteiger partial charge in [-0.3, -0.25) is 9.59 Å². The molecule has 0 saturated carbocycles. The molecule has 0 spiro atoms. The second-order valence-electron chi connectivity index (χ2n) is 7.83. The number of aryl methyl sites for hydroxylation is 1. The molecule has 1 amide bonds. The Bertz CT molecular complexity index is 991. The number of hydrogen-bond donors (Lipinski definition) is 1. The van der Waals surface area contributed by atoms with Crippen LogP contribution in [0.2, 0.25) is 0 Å². The normalized spacial score (nSPS) is 18.2. The van der Waals surface area contributed by atoms with Gasteiger partial charge in [-0.1, -0.05) is 49.7 Å². The minimum absolute atomic E-state index is 0.0803.